The molecule has 3 aromatic rings. The lowest BCUT2D eigenvalue weighted by molar-refractivity contribution is 0.103. The van der Waals surface area contributed by atoms with Crippen LogP contribution in [0.3, 0.4) is 0 Å². The Morgan fingerprint density at radius 3 is 2.55 bits per heavy atom. The second kappa shape index (κ2) is 5.94. The maximum atomic E-state index is 12.3. The lowest BCUT2D eigenvalue weighted by Gasteiger charge is -2.05. The molecule has 0 spiro atoms. The van der Waals surface area contributed by atoms with Crippen molar-refractivity contribution in [2.75, 3.05) is 31.4 Å². The van der Waals surface area contributed by atoms with Crippen LogP contribution in [0.1, 0.15) is 9.67 Å². The molecule has 0 atom stereocenters. The van der Waals surface area contributed by atoms with Crippen LogP contribution >= 0.6 is 22.7 Å². The largest absolute Gasteiger partial charge is 0.497 e. The third-order valence-corrected chi connectivity index (χ3v) is 5.36. The van der Waals surface area contributed by atoms with Crippen molar-refractivity contribution in [3.8, 4) is 5.75 Å². The third-order valence-electron chi connectivity index (χ3n) is 3.03. The van der Waals surface area contributed by atoms with Gasteiger partial charge in [0.1, 0.15) is 10.6 Å². The number of aromatic nitrogens is 1. The highest BCUT2D eigenvalue weighted by molar-refractivity contribution is 7.29. The van der Waals surface area contributed by atoms with Crippen LogP contribution in [0.2, 0.25) is 0 Å². The van der Waals surface area contributed by atoms with Crippen molar-refractivity contribution in [2.24, 2.45) is 0 Å². The van der Waals surface area contributed by atoms with Crippen LogP contribution in [-0.4, -0.2) is 32.1 Å². The summed E-state index contributed by atoms with van der Waals surface area (Å²) < 4.78 is 6.13. The van der Waals surface area contributed by atoms with E-state index in [1.165, 1.54) is 11.3 Å². The first-order chi connectivity index (χ1) is 10.6. The highest BCUT2D eigenvalue weighted by atomic mass is 32.1. The summed E-state index contributed by atoms with van der Waals surface area (Å²) in [4.78, 5) is 20.3. The van der Waals surface area contributed by atoms with Gasteiger partial charge in [0.05, 0.1) is 16.7 Å². The zero-order valence-electron chi connectivity index (χ0n) is 12.4. The molecule has 0 aliphatic carbocycles. The van der Waals surface area contributed by atoms with Gasteiger partial charge in [-0.2, -0.15) is 0 Å². The molecule has 0 aliphatic rings. The van der Waals surface area contributed by atoms with Gasteiger partial charge in [-0.3, -0.25) is 4.79 Å². The molecule has 0 saturated carbocycles. The van der Waals surface area contributed by atoms with Crippen LogP contribution in [0, 0.1) is 0 Å². The molecule has 1 aromatic carbocycles. The van der Waals surface area contributed by atoms with Crippen LogP contribution < -0.4 is 15.0 Å². The maximum absolute atomic E-state index is 12.3. The molecule has 0 unspecified atom stereocenters. The Hall–Kier alpha value is -2.12. The summed E-state index contributed by atoms with van der Waals surface area (Å²) in [5.41, 5.74) is 0.740. The number of nitrogens with zero attached hydrogens (tertiary/aromatic N) is 2. The fourth-order valence-corrected chi connectivity index (χ4v) is 3.92. The van der Waals surface area contributed by atoms with E-state index in [1.54, 1.807) is 18.4 Å². The number of carbonyl (C=O) groups excluding carboxylic acids is 1. The van der Waals surface area contributed by atoms with Gasteiger partial charge in [-0.1, -0.05) is 11.3 Å². The standard InChI is InChI=1S/C15H15N3O2S2/c1-18(2)15-17-14-12(22-15)8-11(21-14)13(19)16-9-4-6-10(20-3)7-5-9/h4-8H,1-3H3,(H,16,19). The molecule has 0 aliphatic heterocycles. The molecular weight excluding hydrogens is 318 g/mol. The molecule has 2 heterocycles. The van der Waals surface area contributed by atoms with Crippen molar-refractivity contribution in [3.63, 3.8) is 0 Å². The molecule has 7 heteroatoms. The number of ether oxygens (including phenoxy) is 1. The molecule has 0 bridgehead atoms. The van der Waals surface area contributed by atoms with Gasteiger partial charge in [0.25, 0.3) is 5.91 Å². The molecule has 0 radical (unpaired) electrons. The summed E-state index contributed by atoms with van der Waals surface area (Å²) >= 11 is 2.99. The molecule has 114 valence electrons. The van der Waals surface area contributed by atoms with Crippen LogP contribution in [0.15, 0.2) is 30.3 Å². The number of thiophene rings is 1. The normalized spacial score (nSPS) is 10.7. The fourth-order valence-electron chi connectivity index (χ4n) is 1.89. The van der Waals surface area contributed by atoms with Gasteiger partial charge in [0, 0.05) is 19.8 Å². The topological polar surface area (TPSA) is 54.5 Å². The van der Waals surface area contributed by atoms with Crippen LogP contribution in [-0.2, 0) is 0 Å². The zero-order chi connectivity index (χ0) is 15.7. The lowest BCUT2D eigenvalue weighted by Crippen LogP contribution is -2.10. The van der Waals surface area contributed by atoms with Crippen molar-refractivity contribution in [1.82, 2.24) is 4.98 Å². The predicted octanol–water partition coefficient (Wildman–Crippen LogP) is 3.68. The van der Waals surface area contributed by atoms with E-state index in [2.05, 4.69) is 10.3 Å². The maximum Gasteiger partial charge on any atom is 0.265 e. The molecule has 3 rings (SSSR count). The first-order valence-electron chi connectivity index (χ1n) is 6.60. The number of fused-ring (bicyclic) bond motifs is 1. The number of hydrogen-bond acceptors (Lipinski definition) is 6. The summed E-state index contributed by atoms with van der Waals surface area (Å²) in [5, 5.41) is 3.83. The molecule has 2 aromatic heterocycles. The Bertz CT molecular complexity index is 774. The number of rotatable bonds is 4. The number of thiazole rings is 1. The zero-order valence-corrected chi connectivity index (χ0v) is 14.0. The average molecular weight is 333 g/mol. The minimum absolute atomic E-state index is 0.119. The summed E-state index contributed by atoms with van der Waals surface area (Å²) in [6.07, 6.45) is 0. The number of benzene rings is 1. The molecule has 22 heavy (non-hydrogen) atoms. The first-order valence-corrected chi connectivity index (χ1v) is 8.23. The van der Waals surface area contributed by atoms with E-state index in [9.17, 15) is 4.79 Å². The van der Waals surface area contributed by atoms with Gasteiger partial charge in [-0.15, -0.1) is 11.3 Å². The smallest absolute Gasteiger partial charge is 0.265 e. The van der Waals surface area contributed by atoms with Gasteiger partial charge in [-0.05, 0) is 30.3 Å². The minimum Gasteiger partial charge on any atom is -0.497 e. The minimum atomic E-state index is -0.119. The van der Waals surface area contributed by atoms with Crippen LogP contribution in [0.4, 0.5) is 10.8 Å². The average Bonchev–Trinajstić information content (AvgIpc) is 3.06. The molecule has 1 amide bonds. The Morgan fingerprint density at radius 2 is 1.95 bits per heavy atom. The summed E-state index contributed by atoms with van der Waals surface area (Å²) in [7, 11) is 5.53. The van der Waals surface area contributed by atoms with Crippen LogP contribution in [0.5, 0.6) is 5.75 Å². The molecule has 5 nitrogen and oxygen atoms in total. The van der Waals surface area contributed by atoms with Gasteiger partial charge in [-0.25, -0.2) is 4.98 Å². The monoisotopic (exact) mass is 333 g/mol. The van der Waals surface area contributed by atoms with Crippen molar-refractivity contribution >= 4 is 48.9 Å². The summed E-state index contributed by atoms with van der Waals surface area (Å²) in [6, 6.07) is 9.15. The number of carbonyl (C=O) groups is 1. The molecule has 0 fully saturated rings. The summed E-state index contributed by atoms with van der Waals surface area (Å²) in [6.45, 7) is 0. The van der Waals surface area contributed by atoms with Crippen molar-refractivity contribution in [3.05, 3.63) is 35.2 Å². The van der Waals surface area contributed by atoms with Crippen molar-refractivity contribution in [1.29, 1.82) is 0 Å². The number of amides is 1. The molecule has 1 N–H and O–H groups in total. The second-order valence-electron chi connectivity index (χ2n) is 4.85. The number of nitrogens with one attached hydrogen (secondary N) is 1. The Labute approximate surface area is 136 Å². The van der Waals surface area contributed by atoms with E-state index in [0.29, 0.717) is 4.88 Å². The molecule has 0 saturated heterocycles. The fraction of sp³-hybridized carbons (Fsp3) is 0.200. The third kappa shape index (κ3) is 2.90. The van der Waals surface area contributed by atoms with Crippen molar-refractivity contribution < 1.29 is 9.53 Å². The first kappa shape index (κ1) is 14.8. The van der Waals surface area contributed by atoms with Gasteiger partial charge in [0.2, 0.25) is 0 Å². The Kier molecular flexibility index (Phi) is 4.00. The quantitative estimate of drug-likeness (QED) is 0.791. The van der Waals surface area contributed by atoms with E-state index in [1.807, 2.05) is 49.3 Å². The SMILES string of the molecule is COc1ccc(NC(=O)c2cc3sc(N(C)C)nc3s2)cc1. The summed E-state index contributed by atoms with van der Waals surface area (Å²) in [5.74, 6) is 0.641. The Balaban J connectivity index is 1.77. The Morgan fingerprint density at radius 1 is 1.23 bits per heavy atom. The number of methoxy groups -OCH3 is 1. The van der Waals surface area contributed by atoms with Crippen molar-refractivity contribution in [2.45, 2.75) is 0 Å². The van der Waals surface area contributed by atoms with E-state index < -0.39 is 0 Å². The highest BCUT2D eigenvalue weighted by Crippen LogP contribution is 2.34. The predicted molar refractivity (Wildman–Crippen MR) is 92.8 cm³/mol. The van der Waals surface area contributed by atoms with Gasteiger partial charge in [0.15, 0.2) is 5.13 Å². The van der Waals surface area contributed by atoms with E-state index >= 15 is 0 Å². The number of hydrogen-bond donors (Lipinski definition) is 1. The van der Waals surface area contributed by atoms with Crippen LogP contribution in [0.25, 0.3) is 9.53 Å². The molecular formula is C15H15N3O2S2. The van der Waals surface area contributed by atoms with Gasteiger partial charge >= 0.3 is 0 Å². The second-order valence-corrected chi connectivity index (χ2v) is 6.89. The highest BCUT2D eigenvalue weighted by Gasteiger charge is 2.14. The van der Waals surface area contributed by atoms with Gasteiger partial charge < -0.3 is 15.0 Å². The van der Waals surface area contributed by atoms with E-state index in [0.717, 1.165) is 26.1 Å². The lowest BCUT2D eigenvalue weighted by atomic mass is 10.3. The number of anilines is 2. The van der Waals surface area contributed by atoms with E-state index in [4.69, 9.17) is 4.74 Å². The van der Waals surface area contributed by atoms with E-state index in [-0.39, 0.29) is 5.91 Å².